The Labute approximate surface area is 167 Å². The van der Waals surface area contributed by atoms with E-state index in [0.29, 0.717) is 31.1 Å². The predicted molar refractivity (Wildman–Crippen MR) is 107 cm³/mol. The van der Waals surface area contributed by atoms with Crippen LogP contribution in [0.15, 0.2) is 47.3 Å². The first kappa shape index (κ1) is 19.2. The summed E-state index contributed by atoms with van der Waals surface area (Å²) in [5.41, 5.74) is 2.13. The smallest absolute Gasteiger partial charge is 0.310 e. The number of allylic oxidation sites excluding steroid dienone is 2. The second kappa shape index (κ2) is 6.75. The Hall–Kier alpha value is -2.10. The van der Waals surface area contributed by atoms with Crippen LogP contribution in [0.4, 0.5) is 0 Å². The van der Waals surface area contributed by atoms with Gasteiger partial charge in [-0.05, 0) is 42.7 Å². The van der Waals surface area contributed by atoms with Crippen LogP contribution in [-0.2, 0) is 19.1 Å². The van der Waals surface area contributed by atoms with Crippen molar-refractivity contribution in [1.82, 2.24) is 0 Å². The van der Waals surface area contributed by atoms with Gasteiger partial charge in [0.2, 0.25) is 0 Å². The monoisotopic (exact) mass is 382 g/mol. The lowest BCUT2D eigenvalue weighted by atomic mass is 9.48. The normalized spacial score (nSPS) is 36.4. The van der Waals surface area contributed by atoms with Crippen molar-refractivity contribution in [2.45, 2.75) is 59.5 Å². The highest BCUT2D eigenvalue weighted by atomic mass is 16.5. The molecule has 1 aliphatic heterocycles. The third kappa shape index (κ3) is 3.07. The molecule has 1 heterocycles. The summed E-state index contributed by atoms with van der Waals surface area (Å²) in [6.45, 7) is 9.33. The van der Waals surface area contributed by atoms with E-state index >= 15 is 0 Å². The minimum Gasteiger partial charge on any atom is -0.493 e. The molecule has 0 aromatic heterocycles. The lowest BCUT2D eigenvalue weighted by Gasteiger charge is -2.55. The molecule has 4 heteroatoms. The molecule has 4 aliphatic rings. The van der Waals surface area contributed by atoms with E-state index in [9.17, 15) is 9.59 Å². The number of esters is 1. The first-order chi connectivity index (χ1) is 13.2. The molecule has 1 saturated carbocycles. The molecular formula is C24H30O4. The number of ketones is 1. The fourth-order valence-electron chi connectivity index (χ4n) is 5.69. The maximum atomic E-state index is 12.5. The van der Waals surface area contributed by atoms with Gasteiger partial charge in [-0.1, -0.05) is 44.6 Å². The Morgan fingerprint density at radius 1 is 1.18 bits per heavy atom. The number of hydrogen-bond donors (Lipinski definition) is 0. The lowest BCUT2D eigenvalue weighted by Crippen LogP contribution is -2.53. The number of ether oxygens (including phenoxy) is 2. The van der Waals surface area contributed by atoms with Gasteiger partial charge in [-0.15, -0.1) is 0 Å². The molecule has 0 unspecified atom stereocenters. The van der Waals surface area contributed by atoms with Crippen LogP contribution in [0, 0.1) is 22.7 Å². The molecule has 0 radical (unpaired) electrons. The van der Waals surface area contributed by atoms with E-state index in [2.05, 4.69) is 33.8 Å². The second-order valence-electron chi connectivity index (χ2n) is 9.47. The van der Waals surface area contributed by atoms with Gasteiger partial charge in [0.15, 0.2) is 0 Å². The maximum Gasteiger partial charge on any atom is 0.310 e. The largest absolute Gasteiger partial charge is 0.493 e. The molecule has 3 aliphatic carbocycles. The minimum absolute atomic E-state index is 0.0531. The Balaban J connectivity index is 1.52. The Bertz CT molecular complexity index is 826. The molecule has 0 N–H and O–H groups in total. The SMILES string of the molecule is CC1=CC[C@H]2C(C)(C)C(=O)CC[C@]2(C)[C@@H]1COC1=C[C@H]2OC(=O)CC=C2C=C1. The Kier molecular flexibility index (Phi) is 4.64. The maximum absolute atomic E-state index is 12.5. The molecule has 4 nitrogen and oxygen atoms in total. The molecular weight excluding hydrogens is 352 g/mol. The van der Waals surface area contributed by atoms with Crippen molar-refractivity contribution in [2.24, 2.45) is 22.7 Å². The van der Waals surface area contributed by atoms with Gasteiger partial charge in [-0.2, -0.15) is 0 Å². The highest BCUT2D eigenvalue weighted by Crippen LogP contribution is 2.58. The van der Waals surface area contributed by atoms with Crippen molar-refractivity contribution >= 4 is 11.8 Å². The molecule has 4 atom stereocenters. The third-order valence-electron chi connectivity index (χ3n) is 7.56. The van der Waals surface area contributed by atoms with E-state index in [0.717, 1.165) is 24.2 Å². The minimum atomic E-state index is -0.334. The highest BCUT2D eigenvalue weighted by Gasteiger charge is 2.55. The number of rotatable bonds is 3. The van der Waals surface area contributed by atoms with Crippen LogP contribution in [0.5, 0.6) is 0 Å². The van der Waals surface area contributed by atoms with E-state index in [1.54, 1.807) is 0 Å². The fraction of sp³-hybridized carbons (Fsp3) is 0.583. The zero-order valence-electron chi connectivity index (χ0n) is 17.3. The quantitative estimate of drug-likeness (QED) is 0.525. The molecule has 0 bridgehead atoms. The van der Waals surface area contributed by atoms with Crippen LogP contribution >= 0.6 is 0 Å². The average molecular weight is 383 g/mol. The van der Waals surface area contributed by atoms with E-state index in [1.807, 2.05) is 24.3 Å². The molecule has 0 amide bonds. The summed E-state index contributed by atoms with van der Waals surface area (Å²) >= 11 is 0. The number of carbonyl (C=O) groups is 2. The molecule has 4 rings (SSSR count). The van der Waals surface area contributed by atoms with Crippen molar-refractivity contribution in [2.75, 3.05) is 6.61 Å². The van der Waals surface area contributed by atoms with Crippen molar-refractivity contribution in [3.05, 3.63) is 47.3 Å². The summed E-state index contributed by atoms with van der Waals surface area (Å²) in [6, 6.07) is 0. The van der Waals surface area contributed by atoms with Gasteiger partial charge < -0.3 is 9.47 Å². The Morgan fingerprint density at radius 2 is 1.96 bits per heavy atom. The van der Waals surface area contributed by atoms with Crippen molar-refractivity contribution < 1.29 is 19.1 Å². The predicted octanol–water partition coefficient (Wildman–Crippen LogP) is 4.68. The lowest BCUT2D eigenvalue weighted by molar-refractivity contribution is -0.146. The standard InChI is InChI=1S/C24H30O4/c1-15-5-9-20-23(2,3)21(25)11-12-24(20,4)18(15)14-27-17-8-6-16-7-10-22(26)28-19(16)13-17/h5-8,13,18-20H,9-12,14H2,1-4H3/t18-,19-,20+,24-/m1/s1. The Morgan fingerprint density at radius 3 is 2.75 bits per heavy atom. The second-order valence-corrected chi connectivity index (χ2v) is 9.47. The summed E-state index contributed by atoms with van der Waals surface area (Å²) < 4.78 is 11.6. The van der Waals surface area contributed by atoms with Gasteiger partial charge in [0.05, 0.1) is 13.0 Å². The average Bonchev–Trinajstić information content (AvgIpc) is 2.64. The van der Waals surface area contributed by atoms with Gasteiger partial charge in [0.1, 0.15) is 17.6 Å². The summed E-state index contributed by atoms with van der Waals surface area (Å²) in [5.74, 6) is 1.55. The third-order valence-corrected chi connectivity index (χ3v) is 7.56. The molecule has 1 fully saturated rings. The van der Waals surface area contributed by atoms with Crippen LogP contribution in [0.2, 0.25) is 0 Å². The number of Topliss-reactive ketones (excluding diaryl/α,β-unsaturated/α-hetero) is 1. The summed E-state index contributed by atoms with van der Waals surface area (Å²) in [6.07, 6.45) is 12.6. The van der Waals surface area contributed by atoms with Gasteiger partial charge in [0.25, 0.3) is 0 Å². The molecule has 28 heavy (non-hydrogen) atoms. The van der Waals surface area contributed by atoms with Gasteiger partial charge in [0, 0.05) is 23.8 Å². The number of carbonyl (C=O) groups excluding carboxylic acids is 2. The molecule has 0 aromatic rings. The summed E-state index contributed by atoms with van der Waals surface area (Å²) in [4.78, 5) is 24.1. The van der Waals surface area contributed by atoms with Gasteiger partial charge >= 0.3 is 5.97 Å². The van der Waals surface area contributed by atoms with Crippen molar-refractivity contribution in [1.29, 1.82) is 0 Å². The highest BCUT2D eigenvalue weighted by molar-refractivity contribution is 5.85. The number of hydrogen-bond acceptors (Lipinski definition) is 4. The topological polar surface area (TPSA) is 52.6 Å². The van der Waals surface area contributed by atoms with Crippen LogP contribution in [0.25, 0.3) is 0 Å². The summed E-state index contributed by atoms with van der Waals surface area (Å²) in [5, 5.41) is 0. The van der Waals surface area contributed by atoms with E-state index in [1.165, 1.54) is 5.57 Å². The van der Waals surface area contributed by atoms with Crippen LogP contribution < -0.4 is 0 Å². The van der Waals surface area contributed by atoms with Crippen LogP contribution in [-0.4, -0.2) is 24.5 Å². The molecule has 0 spiro atoms. The zero-order chi connectivity index (χ0) is 20.1. The van der Waals surface area contributed by atoms with E-state index in [-0.39, 0.29) is 28.8 Å². The van der Waals surface area contributed by atoms with Gasteiger partial charge in [-0.25, -0.2) is 0 Å². The molecule has 0 saturated heterocycles. The van der Waals surface area contributed by atoms with Gasteiger partial charge in [-0.3, -0.25) is 9.59 Å². The molecule has 0 aromatic carbocycles. The number of fused-ring (bicyclic) bond motifs is 2. The first-order valence-corrected chi connectivity index (χ1v) is 10.3. The first-order valence-electron chi connectivity index (χ1n) is 10.3. The summed E-state index contributed by atoms with van der Waals surface area (Å²) in [7, 11) is 0. The van der Waals surface area contributed by atoms with Crippen molar-refractivity contribution in [3.8, 4) is 0 Å². The zero-order valence-corrected chi connectivity index (χ0v) is 17.3. The van der Waals surface area contributed by atoms with Crippen molar-refractivity contribution in [3.63, 3.8) is 0 Å². The van der Waals surface area contributed by atoms with Crippen LogP contribution in [0.1, 0.15) is 53.4 Å². The van der Waals surface area contributed by atoms with E-state index < -0.39 is 0 Å². The van der Waals surface area contributed by atoms with Crippen LogP contribution in [0.3, 0.4) is 0 Å². The fourth-order valence-corrected chi connectivity index (χ4v) is 5.69. The molecule has 150 valence electrons. The van der Waals surface area contributed by atoms with E-state index in [4.69, 9.17) is 9.47 Å².